The molecule has 0 radical (unpaired) electrons. The first kappa shape index (κ1) is 16.6. The third-order valence-corrected chi connectivity index (χ3v) is 6.30. The number of nitriles is 1. The van der Waals surface area contributed by atoms with Crippen LogP contribution in [0.2, 0.25) is 0 Å². The summed E-state index contributed by atoms with van der Waals surface area (Å²) in [6, 6.07) is 10.8. The van der Waals surface area contributed by atoms with Crippen molar-refractivity contribution in [2.75, 3.05) is 31.6 Å². The Bertz CT molecular complexity index is 1050. The fraction of sp³-hybridized carbons (Fsp3) is 0.455. The van der Waals surface area contributed by atoms with Crippen LogP contribution in [0.3, 0.4) is 0 Å². The maximum absolute atomic E-state index is 9.90. The summed E-state index contributed by atoms with van der Waals surface area (Å²) < 4.78 is 2.27. The number of fused-ring (bicyclic) bond motifs is 4. The number of para-hydroxylation sites is 2. The summed E-state index contributed by atoms with van der Waals surface area (Å²) >= 11 is 0. The van der Waals surface area contributed by atoms with Gasteiger partial charge in [-0.25, -0.2) is 4.98 Å². The highest BCUT2D eigenvalue weighted by atomic mass is 15.2. The standard InChI is InChI=1S/C22H25N5/c1-24-14-15-9-11-26(12-10-15)22-17-6-4-5-16(17)18(13-23)21-25-19-7-2-3-8-20(19)27(21)22/h2-3,7-8,15,24H,4-6,9-12,14H2,1H3. The third-order valence-electron chi connectivity index (χ3n) is 6.30. The number of nitrogens with one attached hydrogen (secondary N) is 1. The lowest BCUT2D eigenvalue weighted by Gasteiger charge is -2.35. The van der Waals surface area contributed by atoms with E-state index < -0.39 is 0 Å². The van der Waals surface area contributed by atoms with Crippen LogP contribution in [-0.4, -0.2) is 36.1 Å². The van der Waals surface area contributed by atoms with E-state index in [9.17, 15) is 5.26 Å². The molecule has 1 aliphatic carbocycles. The van der Waals surface area contributed by atoms with Crippen LogP contribution in [0.1, 0.15) is 36.0 Å². The summed E-state index contributed by atoms with van der Waals surface area (Å²) in [5, 5.41) is 13.2. The van der Waals surface area contributed by atoms with Crippen molar-refractivity contribution >= 4 is 22.5 Å². The maximum Gasteiger partial charge on any atom is 0.157 e. The lowest BCUT2D eigenvalue weighted by Crippen LogP contribution is -2.38. The maximum atomic E-state index is 9.90. The van der Waals surface area contributed by atoms with Gasteiger partial charge < -0.3 is 10.2 Å². The van der Waals surface area contributed by atoms with E-state index in [-0.39, 0.29) is 0 Å². The fourth-order valence-electron chi connectivity index (χ4n) is 5.03. The quantitative estimate of drug-likeness (QED) is 0.780. The highest BCUT2D eigenvalue weighted by Crippen LogP contribution is 2.39. The third kappa shape index (κ3) is 2.51. The summed E-state index contributed by atoms with van der Waals surface area (Å²) in [7, 11) is 2.04. The minimum atomic E-state index is 0.757. The van der Waals surface area contributed by atoms with E-state index in [0.29, 0.717) is 0 Å². The average Bonchev–Trinajstić information content (AvgIpc) is 3.32. The van der Waals surface area contributed by atoms with Gasteiger partial charge in [0.15, 0.2) is 5.65 Å². The smallest absolute Gasteiger partial charge is 0.157 e. The SMILES string of the molecule is CNCC1CCN(c2c3c(c(C#N)c4nc5ccccc5n24)CCC3)CC1. The second kappa shape index (κ2) is 6.54. The summed E-state index contributed by atoms with van der Waals surface area (Å²) in [6.45, 7) is 3.25. The number of benzene rings is 1. The van der Waals surface area contributed by atoms with Gasteiger partial charge in [0.1, 0.15) is 11.9 Å². The molecule has 0 atom stereocenters. The molecule has 0 spiro atoms. The minimum absolute atomic E-state index is 0.757. The van der Waals surface area contributed by atoms with E-state index in [2.05, 4.69) is 38.9 Å². The number of hydrogen-bond donors (Lipinski definition) is 1. The van der Waals surface area contributed by atoms with Gasteiger partial charge in [0.05, 0.1) is 16.6 Å². The molecular formula is C22H25N5. The Labute approximate surface area is 159 Å². The largest absolute Gasteiger partial charge is 0.357 e. The zero-order valence-electron chi connectivity index (χ0n) is 15.8. The number of anilines is 1. The Morgan fingerprint density at radius 1 is 1.19 bits per heavy atom. The van der Waals surface area contributed by atoms with Gasteiger partial charge in [-0.1, -0.05) is 12.1 Å². The Morgan fingerprint density at radius 3 is 2.74 bits per heavy atom. The van der Waals surface area contributed by atoms with Crippen molar-refractivity contribution in [2.45, 2.75) is 32.1 Å². The van der Waals surface area contributed by atoms with Crippen LogP contribution in [0.15, 0.2) is 24.3 Å². The first-order valence-electron chi connectivity index (χ1n) is 10.1. The molecule has 5 heteroatoms. The van der Waals surface area contributed by atoms with Gasteiger partial charge in [-0.05, 0) is 74.9 Å². The van der Waals surface area contributed by atoms with E-state index in [1.165, 1.54) is 29.8 Å². The molecule has 0 saturated carbocycles. The van der Waals surface area contributed by atoms with Crippen LogP contribution in [0.5, 0.6) is 0 Å². The normalized spacial score (nSPS) is 17.6. The molecule has 2 aliphatic rings. The van der Waals surface area contributed by atoms with Gasteiger partial charge >= 0.3 is 0 Å². The van der Waals surface area contributed by atoms with Crippen LogP contribution < -0.4 is 10.2 Å². The molecular weight excluding hydrogens is 334 g/mol. The van der Waals surface area contributed by atoms with Crippen molar-refractivity contribution < 1.29 is 0 Å². The van der Waals surface area contributed by atoms with E-state index in [1.807, 2.05) is 13.1 Å². The number of rotatable bonds is 3. The minimum Gasteiger partial charge on any atom is -0.357 e. The first-order chi connectivity index (χ1) is 13.3. The van der Waals surface area contributed by atoms with Crippen molar-refractivity contribution in [3.8, 4) is 6.07 Å². The molecule has 5 nitrogen and oxygen atoms in total. The monoisotopic (exact) mass is 359 g/mol. The van der Waals surface area contributed by atoms with E-state index in [1.54, 1.807) is 0 Å². The lowest BCUT2D eigenvalue weighted by molar-refractivity contribution is 0.391. The van der Waals surface area contributed by atoms with Crippen molar-refractivity contribution in [2.24, 2.45) is 5.92 Å². The first-order valence-corrected chi connectivity index (χ1v) is 10.1. The second-order valence-corrected chi connectivity index (χ2v) is 7.87. The van der Waals surface area contributed by atoms with Gasteiger partial charge in [0.2, 0.25) is 0 Å². The molecule has 5 rings (SSSR count). The molecule has 3 aromatic rings. The van der Waals surface area contributed by atoms with Crippen LogP contribution in [0, 0.1) is 17.2 Å². The summed E-state index contributed by atoms with van der Waals surface area (Å²) in [5.41, 5.74) is 6.34. The van der Waals surface area contributed by atoms with Gasteiger partial charge in [0.25, 0.3) is 0 Å². The fourth-order valence-corrected chi connectivity index (χ4v) is 5.03. The predicted molar refractivity (Wildman–Crippen MR) is 108 cm³/mol. The Kier molecular flexibility index (Phi) is 4.02. The molecule has 1 saturated heterocycles. The van der Waals surface area contributed by atoms with Crippen LogP contribution in [0.4, 0.5) is 5.82 Å². The van der Waals surface area contributed by atoms with Gasteiger partial charge in [0, 0.05) is 13.1 Å². The molecule has 2 aromatic heterocycles. The lowest BCUT2D eigenvalue weighted by atomic mass is 9.96. The Morgan fingerprint density at radius 2 is 1.96 bits per heavy atom. The van der Waals surface area contributed by atoms with E-state index in [0.717, 1.165) is 67.1 Å². The number of pyridine rings is 1. The van der Waals surface area contributed by atoms with Crippen LogP contribution in [-0.2, 0) is 12.8 Å². The van der Waals surface area contributed by atoms with Crippen molar-refractivity contribution in [1.29, 1.82) is 5.26 Å². The van der Waals surface area contributed by atoms with Crippen LogP contribution in [0.25, 0.3) is 16.7 Å². The molecule has 27 heavy (non-hydrogen) atoms. The number of piperidine rings is 1. The highest BCUT2D eigenvalue weighted by Gasteiger charge is 2.30. The average molecular weight is 359 g/mol. The zero-order valence-corrected chi connectivity index (χ0v) is 15.8. The van der Waals surface area contributed by atoms with Crippen LogP contribution >= 0.6 is 0 Å². The molecule has 138 valence electrons. The summed E-state index contributed by atoms with van der Waals surface area (Å²) in [6.07, 6.45) is 5.63. The van der Waals surface area contributed by atoms with E-state index >= 15 is 0 Å². The molecule has 3 heterocycles. The molecule has 1 aliphatic heterocycles. The Balaban J connectivity index is 1.73. The second-order valence-electron chi connectivity index (χ2n) is 7.87. The number of imidazole rings is 1. The number of nitrogens with zero attached hydrogens (tertiary/aromatic N) is 4. The predicted octanol–water partition coefficient (Wildman–Crippen LogP) is 3.28. The molecule has 0 unspecified atom stereocenters. The molecule has 0 bridgehead atoms. The number of aromatic nitrogens is 2. The number of hydrogen-bond acceptors (Lipinski definition) is 4. The summed E-state index contributed by atoms with van der Waals surface area (Å²) in [4.78, 5) is 7.42. The Hall–Kier alpha value is -2.58. The van der Waals surface area contributed by atoms with Gasteiger partial charge in [-0.3, -0.25) is 4.40 Å². The summed E-state index contributed by atoms with van der Waals surface area (Å²) in [5.74, 6) is 2.06. The van der Waals surface area contributed by atoms with Crippen molar-refractivity contribution in [1.82, 2.24) is 14.7 Å². The molecule has 1 aromatic carbocycles. The molecule has 1 N–H and O–H groups in total. The zero-order chi connectivity index (χ0) is 18.4. The highest BCUT2D eigenvalue weighted by molar-refractivity contribution is 5.86. The molecule has 1 fully saturated rings. The molecule has 0 amide bonds. The van der Waals surface area contributed by atoms with Gasteiger partial charge in [-0.15, -0.1) is 0 Å². The van der Waals surface area contributed by atoms with Crippen molar-refractivity contribution in [3.05, 3.63) is 41.0 Å². The van der Waals surface area contributed by atoms with Crippen molar-refractivity contribution in [3.63, 3.8) is 0 Å². The van der Waals surface area contributed by atoms with E-state index in [4.69, 9.17) is 4.98 Å². The van der Waals surface area contributed by atoms with Gasteiger partial charge in [-0.2, -0.15) is 5.26 Å². The topological polar surface area (TPSA) is 56.4 Å².